The molecule has 234 valence electrons. The molecule has 0 saturated carbocycles. The molecule has 45 heavy (non-hydrogen) atoms. The Hall–Kier alpha value is -5.23. The number of nitrogens with zero attached hydrogens (tertiary/aromatic N) is 5. The molecule has 2 aliphatic heterocycles. The van der Waals surface area contributed by atoms with Gasteiger partial charge in [0.2, 0.25) is 11.8 Å². The molecule has 7 N–H and O–H groups in total. The van der Waals surface area contributed by atoms with E-state index in [4.69, 9.17) is 10.6 Å². The summed E-state index contributed by atoms with van der Waals surface area (Å²) in [6.45, 7) is 2.70. The summed E-state index contributed by atoms with van der Waals surface area (Å²) in [6, 6.07) is 1.67. The van der Waals surface area contributed by atoms with Gasteiger partial charge in [0.1, 0.15) is 29.0 Å². The average Bonchev–Trinajstić information content (AvgIpc) is 3.41. The topological polar surface area (TPSA) is 242 Å². The number of benzene rings is 1. The number of aromatic nitrogens is 3. The number of hydrogen-bond acceptors (Lipinski definition) is 13. The van der Waals surface area contributed by atoms with Crippen LogP contribution in [0.4, 0.5) is 5.13 Å². The highest BCUT2D eigenvalue weighted by atomic mass is 32.2. The first-order valence-electron chi connectivity index (χ1n) is 13.1. The zero-order chi connectivity index (χ0) is 32.6. The van der Waals surface area contributed by atoms with Gasteiger partial charge in [0.05, 0.1) is 5.39 Å². The molecule has 0 aliphatic carbocycles. The first-order valence-corrected chi connectivity index (χ1v) is 15.0. The number of carbonyl (C=O) groups is 4. The third-order valence-electron chi connectivity index (χ3n) is 6.77. The van der Waals surface area contributed by atoms with E-state index in [1.165, 1.54) is 49.3 Å². The van der Waals surface area contributed by atoms with E-state index < -0.39 is 46.5 Å². The molecule has 18 heteroatoms. The van der Waals surface area contributed by atoms with Crippen molar-refractivity contribution in [2.75, 3.05) is 11.5 Å². The Labute approximate surface area is 262 Å². The number of phenols is 2. The number of carboxylic acids is 2. The Morgan fingerprint density at radius 3 is 2.60 bits per heavy atom. The van der Waals surface area contributed by atoms with E-state index in [9.17, 15) is 39.6 Å². The molecule has 1 saturated heterocycles. The van der Waals surface area contributed by atoms with E-state index in [0.29, 0.717) is 16.3 Å². The number of nitrogens with one attached hydrogen (secondary N) is 1. The van der Waals surface area contributed by atoms with Gasteiger partial charge in [-0.25, -0.2) is 14.6 Å². The fourth-order valence-corrected chi connectivity index (χ4v) is 6.21. The van der Waals surface area contributed by atoms with Crippen molar-refractivity contribution in [2.24, 2.45) is 5.16 Å². The van der Waals surface area contributed by atoms with Gasteiger partial charge in [0.25, 0.3) is 11.8 Å². The highest BCUT2D eigenvalue weighted by Crippen LogP contribution is 2.40. The molecule has 2 aliphatic rings. The van der Waals surface area contributed by atoms with Crippen molar-refractivity contribution in [1.82, 2.24) is 20.3 Å². The van der Waals surface area contributed by atoms with Gasteiger partial charge in [-0.05, 0) is 42.7 Å². The lowest BCUT2D eigenvalue weighted by molar-refractivity contribution is -0.743. The standard InChI is InChI=1S/C27H25N7O9S2/c1-27(2,25(41)42)43-32-18(15-11-45-26(28)30-15)21(37)31-19-22(38)34-20(24(39)40)12(10-44-23(19)34)4-3-5-33-9-14-7-17(36)16(35)6-13(14)8-29-33/h3-4,6-9,11,19,23H,5,10H2,1-2H3,(H6,28,30,31,36,37,39,40,41,42)/p+1/b4-3+,32-18-/t19?,23-/m1/s1. The minimum absolute atomic E-state index is 0.00313. The van der Waals surface area contributed by atoms with Crippen LogP contribution in [0.5, 0.6) is 11.5 Å². The van der Waals surface area contributed by atoms with Crippen molar-refractivity contribution in [2.45, 2.75) is 37.4 Å². The van der Waals surface area contributed by atoms with Gasteiger partial charge in [-0.2, -0.15) is 0 Å². The van der Waals surface area contributed by atoms with Crippen molar-refractivity contribution >= 4 is 68.5 Å². The maximum Gasteiger partial charge on any atom is 0.352 e. The normalized spacial score (nSPS) is 18.6. The molecule has 4 heterocycles. The summed E-state index contributed by atoms with van der Waals surface area (Å²) < 4.78 is 1.55. The van der Waals surface area contributed by atoms with E-state index in [2.05, 4.69) is 20.6 Å². The number of fused-ring (bicyclic) bond motifs is 2. The average molecular weight is 657 g/mol. The van der Waals surface area contributed by atoms with Crippen molar-refractivity contribution < 1.29 is 49.1 Å². The van der Waals surface area contributed by atoms with Crippen LogP contribution in [-0.2, 0) is 30.6 Å². The van der Waals surface area contributed by atoms with Crippen molar-refractivity contribution in [3.8, 4) is 11.5 Å². The number of anilines is 1. The molecule has 0 spiro atoms. The Kier molecular flexibility index (Phi) is 8.35. The summed E-state index contributed by atoms with van der Waals surface area (Å²) in [5.41, 5.74) is 3.64. The number of hydrogen-bond donors (Lipinski definition) is 6. The first-order chi connectivity index (χ1) is 21.3. The number of aliphatic carboxylic acids is 2. The largest absolute Gasteiger partial charge is 0.504 e. The van der Waals surface area contributed by atoms with Gasteiger partial charge in [-0.15, -0.1) is 23.1 Å². The van der Waals surface area contributed by atoms with Crippen molar-refractivity contribution in [3.63, 3.8) is 0 Å². The van der Waals surface area contributed by atoms with Crippen LogP contribution in [0.3, 0.4) is 0 Å². The van der Waals surface area contributed by atoms with Gasteiger partial charge >= 0.3 is 11.9 Å². The highest BCUT2D eigenvalue weighted by molar-refractivity contribution is 8.00. The number of thiazole rings is 1. The molecule has 2 atom stereocenters. The number of thioether (sulfide) groups is 1. The number of rotatable bonds is 10. The fraction of sp³-hybridized carbons (Fsp3) is 0.259. The second-order valence-electron chi connectivity index (χ2n) is 10.3. The number of phenolic OH excluding ortho intramolecular Hbond substituents is 2. The molecule has 3 aromatic rings. The number of amides is 2. The first kappa shape index (κ1) is 31.2. The van der Waals surface area contributed by atoms with Crippen LogP contribution in [0.15, 0.2) is 58.5 Å². The van der Waals surface area contributed by atoms with Crippen LogP contribution in [0.2, 0.25) is 0 Å². The van der Waals surface area contributed by atoms with E-state index in [1.54, 1.807) is 23.0 Å². The lowest BCUT2D eigenvalue weighted by atomic mass is 10.0. The van der Waals surface area contributed by atoms with E-state index in [0.717, 1.165) is 16.2 Å². The monoisotopic (exact) mass is 656 g/mol. The second-order valence-corrected chi connectivity index (χ2v) is 12.3. The molecular weight excluding hydrogens is 630 g/mol. The molecule has 16 nitrogen and oxygen atoms in total. The molecular formula is C27H26N7O9S2+. The molecule has 2 aromatic heterocycles. The predicted molar refractivity (Wildman–Crippen MR) is 160 cm³/mol. The number of β-lactam (4-membered cyclic amide) rings is 1. The Balaban J connectivity index is 1.32. The smallest absolute Gasteiger partial charge is 0.352 e. The van der Waals surface area contributed by atoms with Gasteiger partial charge in [-0.1, -0.05) is 15.9 Å². The lowest BCUT2D eigenvalue weighted by Gasteiger charge is -2.49. The van der Waals surface area contributed by atoms with E-state index in [1.807, 2.05) is 0 Å². The number of nitrogen functional groups attached to an aromatic ring is 1. The number of carboxylic acid groups (broad SMARTS) is 2. The zero-order valence-corrected chi connectivity index (χ0v) is 25.2. The van der Waals surface area contributed by atoms with E-state index >= 15 is 0 Å². The Morgan fingerprint density at radius 2 is 1.96 bits per heavy atom. The number of carbonyl (C=O) groups excluding carboxylic acids is 2. The molecule has 5 rings (SSSR count). The number of allylic oxidation sites excluding steroid dienone is 2. The Morgan fingerprint density at radius 1 is 1.24 bits per heavy atom. The van der Waals surface area contributed by atoms with Crippen molar-refractivity contribution in [3.05, 3.63) is 59.0 Å². The van der Waals surface area contributed by atoms with Crippen molar-refractivity contribution in [1.29, 1.82) is 0 Å². The van der Waals surface area contributed by atoms with Crippen LogP contribution in [0, 0.1) is 0 Å². The van der Waals surface area contributed by atoms with E-state index in [-0.39, 0.29) is 40.3 Å². The molecule has 1 unspecified atom stereocenters. The van der Waals surface area contributed by atoms with Gasteiger partial charge in [-0.3, -0.25) is 14.5 Å². The summed E-state index contributed by atoms with van der Waals surface area (Å²) >= 11 is 2.25. The minimum atomic E-state index is -1.78. The van der Waals surface area contributed by atoms with Gasteiger partial charge in [0, 0.05) is 16.5 Å². The molecule has 0 radical (unpaired) electrons. The summed E-state index contributed by atoms with van der Waals surface area (Å²) in [7, 11) is 0. The third-order valence-corrected chi connectivity index (χ3v) is 8.75. The quantitative estimate of drug-likeness (QED) is 0.0575. The van der Waals surface area contributed by atoms with Gasteiger partial charge in [0.15, 0.2) is 28.9 Å². The lowest BCUT2D eigenvalue weighted by Crippen LogP contribution is -2.71. The third kappa shape index (κ3) is 6.22. The molecule has 0 bridgehead atoms. The van der Waals surface area contributed by atoms with Crippen LogP contribution in [-0.4, -0.2) is 87.6 Å². The predicted octanol–water partition coefficient (Wildman–Crippen LogP) is 0.551. The number of oxime groups is 1. The fourth-order valence-electron chi connectivity index (χ4n) is 4.35. The van der Waals surface area contributed by atoms with Crippen LogP contribution in [0.1, 0.15) is 19.5 Å². The second kappa shape index (κ2) is 12.0. The van der Waals surface area contributed by atoms with Crippen LogP contribution in [0.25, 0.3) is 10.8 Å². The van der Waals surface area contributed by atoms with Crippen LogP contribution >= 0.6 is 23.1 Å². The van der Waals surface area contributed by atoms with Gasteiger partial charge < -0.3 is 36.3 Å². The SMILES string of the molecule is CC(C)(O/N=C(\C(=O)NC1C(=O)N2C(C(=O)O)=C(/C=C/C[n+]3cc4cc(O)c(O)cc4cn3)CS[C@H]12)c1csc(N)n1)C(=O)O. The molecule has 1 aromatic carbocycles. The summed E-state index contributed by atoms with van der Waals surface area (Å²) in [6.07, 6.45) is 6.41. The summed E-state index contributed by atoms with van der Waals surface area (Å²) in [5.74, 6) is -4.55. The zero-order valence-electron chi connectivity index (χ0n) is 23.6. The number of nitrogens with two attached hydrogens (primary N) is 1. The summed E-state index contributed by atoms with van der Waals surface area (Å²) in [5, 5.41) is 51.3. The maximum absolute atomic E-state index is 13.2. The summed E-state index contributed by atoms with van der Waals surface area (Å²) in [4.78, 5) is 60.3. The molecule has 2 amide bonds. The highest BCUT2D eigenvalue weighted by Gasteiger charge is 2.54. The van der Waals surface area contributed by atoms with Crippen LogP contribution < -0.4 is 15.7 Å². The molecule has 1 fully saturated rings. The minimum Gasteiger partial charge on any atom is -0.504 e. The maximum atomic E-state index is 13.2. The number of aromatic hydroxyl groups is 2. The Bertz CT molecular complexity index is 1840.